The Morgan fingerprint density at radius 2 is 1.67 bits per heavy atom. The minimum absolute atomic E-state index is 0.449. The van der Waals surface area contributed by atoms with Crippen LogP contribution in [0.2, 0.25) is 10.0 Å². The molecule has 0 bridgehead atoms. The van der Waals surface area contributed by atoms with Crippen LogP contribution in [0.5, 0.6) is 0 Å². The zero-order valence-corrected chi connectivity index (χ0v) is 12.0. The standard InChI is InChI=1S/C14H13Cl2NS/c15-12-5-2-1-4-10(12)9-18-14-7-3-6-13(16)11(14)8-17/h1-7H,8-9,17H2. The predicted molar refractivity (Wildman–Crippen MR) is 80.4 cm³/mol. The van der Waals surface area contributed by atoms with Crippen LogP contribution >= 0.6 is 35.0 Å². The zero-order valence-electron chi connectivity index (χ0n) is 9.70. The summed E-state index contributed by atoms with van der Waals surface area (Å²) < 4.78 is 0. The molecule has 2 N–H and O–H groups in total. The molecular weight excluding hydrogens is 285 g/mol. The summed E-state index contributed by atoms with van der Waals surface area (Å²) in [5, 5.41) is 1.52. The lowest BCUT2D eigenvalue weighted by atomic mass is 10.2. The summed E-state index contributed by atoms with van der Waals surface area (Å²) in [6.07, 6.45) is 0. The fourth-order valence-electron chi connectivity index (χ4n) is 1.64. The van der Waals surface area contributed by atoms with E-state index in [0.717, 1.165) is 31.8 Å². The molecule has 0 saturated carbocycles. The van der Waals surface area contributed by atoms with Crippen molar-refractivity contribution in [3.63, 3.8) is 0 Å². The van der Waals surface area contributed by atoms with Crippen LogP contribution in [0.3, 0.4) is 0 Å². The largest absolute Gasteiger partial charge is 0.326 e. The monoisotopic (exact) mass is 297 g/mol. The normalized spacial score (nSPS) is 10.6. The highest BCUT2D eigenvalue weighted by Crippen LogP contribution is 2.31. The van der Waals surface area contributed by atoms with Gasteiger partial charge < -0.3 is 5.73 Å². The summed E-state index contributed by atoms with van der Waals surface area (Å²) in [5.74, 6) is 0.813. The number of hydrogen-bond acceptors (Lipinski definition) is 2. The second-order valence-electron chi connectivity index (χ2n) is 3.80. The molecular formula is C14H13Cl2NS. The van der Waals surface area contributed by atoms with Gasteiger partial charge in [-0.05, 0) is 29.3 Å². The number of nitrogens with two attached hydrogens (primary N) is 1. The molecule has 0 heterocycles. The van der Waals surface area contributed by atoms with E-state index in [0.29, 0.717) is 6.54 Å². The molecule has 0 radical (unpaired) electrons. The third kappa shape index (κ3) is 3.21. The number of benzene rings is 2. The first-order valence-electron chi connectivity index (χ1n) is 5.56. The summed E-state index contributed by atoms with van der Waals surface area (Å²) in [6, 6.07) is 13.7. The third-order valence-corrected chi connectivity index (χ3v) is 4.49. The maximum atomic E-state index is 6.13. The molecule has 2 rings (SSSR count). The van der Waals surface area contributed by atoms with Gasteiger partial charge in [-0.1, -0.05) is 47.5 Å². The lowest BCUT2D eigenvalue weighted by Crippen LogP contribution is -1.99. The van der Waals surface area contributed by atoms with Gasteiger partial charge in [-0.25, -0.2) is 0 Å². The van der Waals surface area contributed by atoms with Crippen molar-refractivity contribution >= 4 is 35.0 Å². The van der Waals surface area contributed by atoms with Crippen molar-refractivity contribution in [1.29, 1.82) is 0 Å². The smallest absolute Gasteiger partial charge is 0.0462 e. The van der Waals surface area contributed by atoms with Gasteiger partial charge in [0.1, 0.15) is 0 Å². The van der Waals surface area contributed by atoms with Crippen molar-refractivity contribution in [3.8, 4) is 0 Å². The van der Waals surface area contributed by atoms with Gasteiger partial charge in [0.25, 0.3) is 0 Å². The quantitative estimate of drug-likeness (QED) is 0.825. The average Bonchev–Trinajstić information content (AvgIpc) is 2.38. The minimum atomic E-state index is 0.449. The van der Waals surface area contributed by atoms with Crippen LogP contribution in [0.4, 0.5) is 0 Å². The van der Waals surface area contributed by atoms with Crippen molar-refractivity contribution in [2.45, 2.75) is 17.2 Å². The highest BCUT2D eigenvalue weighted by atomic mass is 35.5. The van der Waals surface area contributed by atoms with Crippen molar-refractivity contribution in [2.75, 3.05) is 0 Å². The van der Waals surface area contributed by atoms with Crippen LogP contribution in [-0.2, 0) is 12.3 Å². The first-order chi connectivity index (χ1) is 8.72. The molecule has 0 aromatic heterocycles. The van der Waals surface area contributed by atoms with E-state index in [-0.39, 0.29) is 0 Å². The molecule has 0 aliphatic rings. The zero-order chi connectivity index (χ0) is 13.0. The van der Waals surface area contributed by atoms with Crippen LogP contribution in [0.15, 0.2) is 47.4 Å². The van der Waals surface area contributed by atoms with Gasteiger partial charge in [0.05, 0.1) is 0 Å². The molecule has 0 spiro atoms. The summed E-state index contributed by atoms with van der Waals surface area (Å²) >= 11 is 14.0. The highest BCUT2D eigenvalue weighted by molar-refractivity contribution is 7.98. The van der Waals surface area contributed by atoms with Crippen LogP contribution < -0.4 is 5.73 Å². The van der Waals surface area contributed by atoms with E-state index in [4.69, 9.17) is 28.9 Å². The van der Waals surface area contributed by atoms with Gasteiger partial charge >= 0.3 is 0 Å². The topological polar surface area (TPSA) is 26.0 Å². The summed E-state index contributed by atoms with van der Waals surface area (Å²) in [6.45, 7) is 0.449. The molecule has 0 unspecified atom stereocenters. The fourth-order valence-corrected chi connectivity index (χ4v) is 3.34. The third-order valence-electron chi connectivity index (χ3n) is 2.62. The number of halogens is 2. The van der Waals surface area contributed by atoms with E-state index in [2.05, 4.69) is 0 Å². The molecule has 0 aliphatic carbocycles. The van der Waals surface area contributed by atoms with E-state index in [9.17, 15) is 0 Å². The number of hydrogen-bond donors (Lipinski definition) is 1. The molecule has 4 heteroatoms. The summed E-state index contributed by atoms with van der Waals surface area (Å²) in [7, 11) is 0. The summed E-state index contributed by atoms with van der Waals surface area (Å²) in [5.41, 5.74) is 7.84. The average molecular weight is 298 g/mol. The molecule has 1 nitrogen and oxygen atoms in total. The molecule has 2 aromatic carbocycles. The van der Waals surface area contributed by atoms with Crippen LogP contribution in [0.25, 0.3) is 0 Å². The van der Waals surface area contributed by atoms with E-state index < -0.39 is 0 Å². The van der Waals surface area contributed by atoms with E-state index in [1.807, 2.05) is 42.5 Å². The Bertz CT molecular complexity index is 543. The van der Waals surface area contributed by atoms with Gasteiger partial charge in [0, 0.05) is 27.2 Å². The Hall–Kier alpha value is -0.670. The Balaban J connectivity index is 2.16. The van der Waals surface area contributed by atoms with Gasteiger partial charge in [-0.3, -0.25) is 0 Å². The van der Waals surface area contributed by atoms with Crippen molar-refractivity contribution in [3.05, 3.63) is 63.6 Å². The Morgan fingerprint density at radius 3 is 2.39 bits per heavy atom. The second-order valence-corrected chi connectivity index (χ2v) is 5.63. The number of thioether (sulfide) groups is 1. The number of rotatable bonds is 4. The SMILES string of the molecule is NCc1c(Cl)cccc1SCc1ccccc1Cl. The van der Waals surface area contributed by atoms with Crippen LogP contribution in [0, 0.1) is 0 Å². The lowest BCUT2D eigenvalue weighted by molar-refractivity contribution is 1.03. The van der Waals surface area contributed by atoms with Gasteiger partial charge in [-0.2, -0.15) is 0 Å². The Kier molecular flexibility index (Phi) is 4.95. The van der Waals surface area contributed by atoms with E-state index in [1.165, 1.54) is 0 Å². The van der Waals surface area contributed by atoms with E-state index >= 15 is 0 Å². The van der Waals surface area contributed by atoms with Gasteiger partial charge in [0.2, 0.25) is 0 Å². The molecule has 0 fully saturated rings. The van der Waals surface area contributed by atoms with Gasteiger partial charge in [0.15, 0.2) is 0 Å². The Morgan fingerprint density at radius 1 is 0.944 bits per heavy atom. The molecule has 0 aliphatic heterocycles. The van der Waals surface area contributed by atoms with Crippen LogP contribution in [0.1, 0.15) is 11.1 Å². The first-order valence-corrected chi connectivity index (χ1v) is 7.30. The highest BCUT2D eigenvalue weighted by Gasteiger charge is 2.07. The minimum Gasteiger partial charge on any atom is -0.326 e. The van der Waals surface area contributed by atoms with Crippen LogP contribution in [-0.4, -0.2) is 0 Å². The Labute approximate surface area is 121 Å². The first kappa shape index (κ1) is 13.8. The maximum absolute atomic E-state index is 6.13. The molecule has 94 valence electrons. The van der Waals surface area contributed by atoms with Crippen molar-refractivity contribution < 1.29 is 0 Å². The molecule has 0 atom stereocenters. The predicted octanol–water partition coefficient (Wildman–Crippen LogP) is 4.74. The van der Waals surface area contributed by atoms with Gasteiger partial charge in [-0.15, -0.1) is 11.8 Å². The molecule has 18 heavy (non-hydrogen) atoms. The molecule has 0 amide bonds. The maximum Gasteiger partial charge on any atom is 0.0462 e. The van der Waals surface area contributed by atoms with Crippen molar-refractivity contribution in [1.82, 2.24) is 0 Å². The lowest BCUT2D eigenvalue weighted by Gasteiger charge is -2.09. The summed E-state index contributed by atoms with van der Waals surface area (Å²) in [4.78, 5) is 1.12. The van der Waals surface area contributed by atoms with Crippen molar-refractivity contribution in [2.24, 2.45) is 5.73 Å². The van der Waals surface area contributed by atoms with E-state index in [1.54, 1.807) is 11.8 Å². The second kappa shape index (κ2) is 6.48. The molecule has 2 aromatic rings. The molecule has 0 saturated heterocycles. The fraction of sp³-hybridized carbons (Fsp3) is 0.143.